The van der Waals surface area contributed by atoms with Crippen LogP contribution in [0.1, 0.15) is 32.3 Å². The number of benzene rings is 1. The number of anilines is 1. The number of para-hydroxylation sites is 1. The van der Waals surface area contributed by atoms with E-state index in [1.807, 2.05) is 38.1 Å². The number of nitrogens with zero attached hydrogens (tertiary/aromatic N) is 1. The molecule has 1 aromatic carbocycles. The van der Waals surface area contributed by atoms with Crippen molar-refractivity contribution < 1.29 is 8.42 Å². The van der Waals surface area contributed by atoms with Gasteiger partial charge in [0.2, 0.25) is 10.0 Å². The third kappa shape index (κ3) is 2.32. The highest BCUT2D eigenvalue weighted by Gasteiger charge is 2.33. The summed E-state index contributed by atoms with van der Waals surface area (Å²) >= 11 is 0. The number of unbranched alkanes of at least 4 members (excludes halogenated alkanes) is 1. The Morgan fingerprint density at radius 3 is 2.76 bits per heavy atom. The predicted molar refractivity (Wildman–Crippen MR) is 70.8 cm³/mol. The third-order valence-electron chi connectivity index (χ3n) is 3.20. The van der Waals surface area contributed by atoms with Crippen LogP contribution in [0.5, 0.6) is 0 Å². The van der Waals surface area contributed by atoms with Gasteiger partial charge in [-0.1, -0.05) is 31.5 Å². The summed E-state index contributed by atoms with van der Waals surface area (Å²) in [6.45, 7) is 3.99. The van der Waals surface area contributed by atoms with Crippen molar-refractivity contribution in [3.05, 3.63) is 29.8 Å². The van der Waals surface area contributed by atoms with E-state index in [1.54, 1.807) is 4.31 Å². The number of hydrogen-bond donors (Lipinski definition) is 0. The van der Waals surface area contributed by atoms with Gasteiger partial charge in [-0.15, -0.1) is 0 Å². The minimum Gasteiger partial charge on any atom is -0.267 e. The van der Waals surface area contributed by atoms with Gasteiger partial charge in [0.15, 0.2) is 0 Å². The summed E-state index contributed by atoms with van der Waals surface area (Å²) in [4.78, 5) is 0. The maximum absolute atomic E-state index is 12.3. The molecule has 3 nitrogen and oxygen atoms in total. The molecule has 0 bridgehead atoms. The molecule has 0 saturated carbocycles. The van der Waals surface area contributed by atoms with Crippen LogP contribution >= 0.6 is 0 Å². The van der Waals surface area contributed by atoms with Gasteiger partial charge in [-0.05, 0) is 31.4 Å². The summed E-state index contributed by atoms with van der Waals surface area (Å²) in [5.74, 6) is 0.252. The van der Waals surface area contributed by atoms with Crippen molar-refractivity contribution in [2.24, 2.45) is 0 Å². The second-order valence-corrected chi connectivity index (χ2v) is 6.61. The highest BCUT2D eigenvalue weighted by molar-refractivity contribution is 7.92. The zero-order valence-electron chi connectivity index (χ0n) is 10.4. The first-order chi connectivity index (χ1) is 8.06. The number of rotatable bonds is 4. The number of hydrogen-bond acceptors (Lipinski definition) is 2. The van der Waals surface area contributed by atoms with Crippen molar-refractivity contribution in [3.8, 4) is 0 Å². The lowest BCUT2D eigenvalue weighted by molar-refractivity contribution is 0.581. The summed E-state index contributed by atoms with van der Waals surface area (Å²) in [6.07, 6.45) is 2.46. The molecule has 0 fully saturated rings. The first-order valence-electron chi connectivity index (χ1n) is 6.16. The van der Waals surface area contributed by atoms with Gasteiger partial charge in [-0.25, -0.2) is 8.42 Å². The first-order valence-corrected chi connectivity index (χ1v) is 7.77. The molecule has 0 unspecified atom stereocenters. The van der Waals surface area contributed by atoms with Gasteiger partial charge in [0.25, 0.3) is 0 Å². The first kappa shape index (κ1) is 12.4. The third-order valence-corrected chi connectivity index (χ3v) is 5.16. The highest BCUT2D eigenvalue weighted by atomic mass is 32.2. The van der Waals surface area contributed by atoms with Crippen LogP contribution in [0.25, 0.3) is 0 Å². The molecule has 4 heteroatoms. The zero-order valence-corrected chi connectivity index (χ0v) is 11.2. The Hall–Kier alpha value is -1.03. The molecular weight excluding hydrogens is 234 g/mol. The van der Waals surface area contributed by atoms with Crippen LogP contribution < -0.4 is 4.31 Å². The van der Waals surface area contributed by atoms with E-state index in [9.17, 15) is 8.42 Å². The van der Waals surface area contributed by atoms with Crippen LogP contribution in [0.4, 0.5) is 5.69 Å². The van der Waals surface area contributed by atoms with Crippen LogP contribution in [-0.2, 0) is 16.4 Å². The van der Waals surface area contributed by atoms with Gasteiger partial charge in [0.1, 0.15) is 0 Å². The Balaban J connectivity index is 2.33. The average Bonchev–Trinajstić information content (AvgIpc) is 2.63. The second-order valence-electron chi connectivity index (χ2n) is 4.65. The molecule has 0 aliphatic carbocycles. The van der Waals surface area contributed by atoms with Crippen LogP contribution in [0.2, 0.25) is 0 Å². The lowest BCUT2D eigenvalue weighted by atomic mass is 10.1. The number of fused-ring (bicyclic) bond motifs is 1. The Kier molecular flexibility index (Phi) is 3.43. The summed E-state index contributed by atoms with van der Waals surface area (Å²) < 4.78 is 26.2. The SMILES string of the molecule is CCCCS(=O)(=O)N1c2ccccc2C[C@H]1C. The van der Waals surface area contributed by atoms with Gasteiger partial charge >= 0.3 is 0 Å². The fourth-order valence-corrected chi connectivity index (χ4v) is 4.34. The van der Waals surface area contributed by atoms with Crippen molar-refractivity contribution in [1.29, 1.82) is 0 Å². The normalized spacial score (nSPS) is 19.4. The molecule has 1 heterocycles. The fraction of sp³-hybridized carbons (Fsp3) is 0.538. The van der Waals surface area contributed by atoms with Crippen LogP contribution in [0.3, 0.4) is 0 Å². The smallest absolute Gasteiger partial charge is 0.235 e. The minimum atomic E-state index is -3.15. The molecule has 0 aromatic heterocycles. The maximum atomic E-state index is 12.3. The summed E-state index contributed by atoms with van der Waals surface area (Å²) in [5.41, 5.74) is 2.01. The monoisotopic (exact) mass is 253 g/mol. The quantitative estimate of drug-likeness (QED) is 0.827. The molecule has 17 heavy (non-hydrogen) atoms. The standard InChI is InChI=1S/C13H19NO2S/c1-3-4-9-17(15,16)14-11(2)10-12-7-5-6-8-13(12)14/h5-8,11H,3-4,9-10H2,1-2H3/t11-/m1/s1. The van der Waals surface area contributed by atoms with Crippen molar-refractivity contribution >= 4 is 15.7 Å². The van der Waals surface area contributed by atoms with E-state index < -0.39 is 10.0 Å². The molecule has 0 radical (unpaired) electrons. The van der Waals surface area contributed by atoms with Gasteiger partial charge < -0.3 is 0 Å². The molecule has 0 spiro atoms. The minimum absolute atomic E-state index is 0.0502. The van der Waals surface area contributed by atoms with Crippen molar-refractivity contribution in [2.45, 2.75) is 39.2 Å². The van der Waals surface area contributed by atoms with Crippen molar-refractivity contribution in [1.82, 2.24) is 0 Å². The molecule has 94 valence electrons. The van der Waals surface area contributed by atoms with Gasteiger partial charge in [-0.2, -0.15) is 0 Å². The molecule has 2 rings (SSSR count). The Morgan fingerprint density at radius 1 is 1.35 bits per heavy atom. The average molecular weight is 253 g/mol. The van der Waals surface area contributed by atoms with Crippen molar-refractivity contribution in [3.63, 3.8) is 0 Å². The largest absolute Gasteiger partial charge is 0.267 e. The van der Waals surface area contributed by atoms with E-state index in [2.05, 4.69) is 0 Å². The molecule has 1 aliphatic rings. The van der Waals surface area contributed by atoms with E-state index in [4.69, 9.17) is 0 Å². The number of sulfonamides is 1. The van der Waals surface area contributed by atoms with E-state index in [-0.39, 0.29) is 11.8 Å². The molecule has 0 amide bonds. The van der Waals surface area contributed by atoms with Crippen molar-refractivity contribution in [2.75, 3.05) is 10.1 Å². The molecule has 0 N–H and O–H groups in total. The Labute approximate surface area is 104 Å². The van der Waals surface area contributed by atoms with Gasteiger partial charge in [0, 0.05) is 6.04 Å². The van der Waals surface area contributed by atoms with Gasteiger partial charge in [0.05, 0.1) is 11.4 Å². The van der Waals surface area contributed by atoms with E-state index >= 15 is 0 Å². The van der Waals surface area contributed by atoms with Crippen LogP contribution in [0, 0.1) is 0 Å². The zero-order chi connectivity index (χ0) is 12.5. The maximum Gasteiger partial charge on any atom is 0.235 e. The van der Waals surface area contributed by atoms with Crippen LogP contribution in [-0.4, -0.2) is 20.2 Å². The summed E-state index contributed by atoms with van der Waals surface area (Å²) in [6, 6.07) is 7.84. The van der Waals surface area contributed by atoms with E-state index in [0.29, 0.717) is 0 Å². The van der Waals surface area contributed by atoms with Gasteiger partial charge in [-0.3, -0.25) is 4.31 Å². The summed E-state index contributed by atoms with van der Waals surface area (Å²) in [7, 11) is -3.15. The lowest BCUT2D eigenvalue weighted by Gasteiger charge is -2.24. The molecule has 1 aliphatic heterocycles. The molecular formula is C13H19NO2S. The second kappa shape index (κ2) is 4.69. The molecule has 1 aromatic rings. The summed E-state index contributed by atoms with van der Waals surface area (Å²) in [5, 5.41) is 0. The molecule has 0 saturated heterocycles. The predicted octanol–water partition coefficient (Wildman–Crippen LogP) is 2.57. The Bertz CT molecular complexity index is 496. The fourth-order valence-electron chi connectivity index (χ4n) is 2.39. The highest BCUT2D eigenvalue weighted by Crippen LogP contribution is 2.34. The van der Waals surface area contributed by atoms with E-state index in [1.165, 1.54) is 0 Å². The lowest BCUT2D eigenvalue weighted by Crippen LogP contribution is -2.37. The Morgan fingerprint density at radius 2 is 2.06 bits per heavy atom. The topological polar surface area (TPSA) is 37.4 Å². The molecule has 1 atom stereocenters. The van der Waals surface area contributed by atoms with E-state index in [0.717, 1.165) is 30.5 Å². The van der Waals surface area contributed by atoms with Crippen LogP contribution in [0.15, 0.2) is 24.3 Å².